The highest BCUT2D eigenvalue weighted by molar-refractivity contribution is 6.43. The smallest absolute Gasteiger partial charge is 0.329 e. The second-order valence-corrected chi connectivity index (χ2v) is 7.00. The van der Waals surface area contributed by atoms with Gasteiger partial charge in [0.1, 0.15) is 0 Å². The molecule has 8 heteroatoms. The Balaban J connectivity index is 2.17. The summed E-state index contributed by atoms with van der Waals surface area (Å²) in [7, 11) is 0. The van der Waals surface area contributed by atoms with E-state index in [1.165, 1.54) is 6.21 Å². The van der Waals surface area contributed by atoms with Crippen molar-refractivity contribution < 1.29 is 9.59 Å². The fraction of sp³-hybridized carbons (Fsp3) is 0.316. The van der Waals surface area contributed by atoms with Crippen LogP contribution in [0.4, 0.5) is 0 Å². The summed E-state index contributed by atoms with van der Waals surface area (Å²) in [6, 6.07) is 7.25. The van der Waals surface area contributed by atoms with E-state index < -0.39 is 11.8 Å². The predicted molar refractivity (Wildman–Crippen MR) is 109 cm³/mol. The molecular weight excluding hydrogens is 387 g/mol. The van der Waals surface area contributed by atoms with Gasteiger partial charge in [0.15, 0.2) is 0 Å². The van der Waals surface area contributed by atoms with Gasteiger partial charge in [0.25, 0.3) is 0 Å². The molecule has 0 spiro atoms. The number of carbonyl (C=O) groups excluding carboxylic acids is 2. The van der Waals surface area contributed by atoms with E-state index in [-0.39, 0.29) is 6.04 Å². The Bertz CT molecular complexity index is 890. The molecule has 0 aliphatic rings. The van der Waals surface area contributed by atoms with Gasteiger partial charge in [-0.05, 0) is 45.4 Å². The molecule has 2 aromatic rings. The lowest BCUT2D eigenvalue weighted by atomic mass is 10.2. The molecule has 1 aromatic heterocycles. The summed E-state index contributed by atoms with van der Waals surface area (Å²) in [4.78, 5) is 23.5. The summed E-state index contributed by atoms with van der Waals surface area (Å²) in [6.45, 7) is 7.58. The topological polar surface area (TPSA) is 75.5 Å². The molecule has 0 fully saturated rings. The van der Waals surface area contributed by atoms with Crippen LogP contribution in [0.5, 0.6) is 0 Å². The average Bonchev–Trinajstić information content (AvgIpc) is 2.91. The van der Waals surface area contributed by atoms with Crippen molar-refractivity contribution in [2.75, 3.05) is 0 Å². The number of hydrogen-bond donors (Lipinski definition) is 2. The lowest BCUT2D eigenvalue weighted by molar-refractivity contribution is -0.139. The van der Waals surface area contributed by atoms with Crippen LogP contribution < -0.4 is 10.7 Å². The van der Waals surface area contributed by atoms with Gasteiger partial charge in [-0.3, -0.25) is 9.59 Å². The molecular formula is C19H22Cl2N4O2. The summed E-state index contributed by atoms with van der Waals surface area (Å²) in [5.74, 6) is -1.52. The van der Waals surface area contributed by atoms with Crippen LogP contribution in [-0.2, 0) is 9.59 Å². The molecule has 1 atom stereocenters. The van der Waals surface area contributed by atoms with E-state index in [1.807, 2.05) is 50.5 Å². The molecule has 1 heterocycles. The van der Waals surface area contributed by atoms with Crippen LogP contribution >= 0.6 is 23.2 Å². The van der Waals surface area contributed by atoms with Crippen molar-refractivity contribution >= 4 is 41.2 Å². The molecule has 0 radical (unpaired) electrons. The summed E-state index contributed by atoms with van der Waals surface area (Å²) < 4.78 is 1.95. The van der Waals surface area contributed by atoms with E-state index in [2.05, 4.69) is 15.8 Å². The van der Waals surface area contributed by atoms with Crippen LogP contribution in [0.2, 0.25) is 10.0 Å². The molecule has 1 aromatic carbocycles. The molecule has 0 saturated carbocycles. The summed E-state index contributed by atoms with van der Waals surface area (Å²) in [6.07, 6.45) is 2.23. The van der Waals surface area contributed by atoms with E-state index in [1.54, 1.807) is 6.07 Å². The van der Waals surface area contributed by atoms with E-state index in [9.17, 15) is 9.59 Å². The minimum Gasteiger partial charge on any atom is -0.345 e. The Morgan fingerprint density at radius 1 is 1.26 bits per heavy atom. The maximum absolute atomic E-state index is 11.8. The zero-order chi connectivity index (χ0) is 20.1. The maximum atomic E-state index is 11.8. The number of carbonyl (C=O) groups is 2. The molecule has 144 valence electrons. The zero-order valence-electron chi connectivity index (χ0n) is 15.6. The van der Waals surface area contributed by atoms with Gasteiger partial charge in [-0.1, -0.05) is 36.2 Å². The SMILES string of the molecule is CC[C@@H](C)NC(=O)C(=O)N/N=C\c1cc(C)n(-c2cccc(Cl)c2Cl)c1C. The Morgan fingerprint density at radius 3 is 2.63 bits per heavy atom. The normalized spacial score (nSPS) is 12.2. The van der Waals surface area contributed by atoms with Crippen molar-refractivity contribution in [3.8, 4) is 5.69 Å². The van der Waals surface area contributed by atoms with Crippen molar-refractivity contribution in [1.29, 1.82) is 0 Å². The molecule has 6 nitrogen and oxygen atoms in total. The first-order chi connectivity index (χ1) is 12.8. The number of hydrogen-bond acceptors (Lipinski definition) is 3. The summed E-state index contributed by atoms with van der Waals surface area (Å²) >= 11 is 12.4. The Morgan fingerprint density at radius 2 is 1.96 bits per heavy atom. The highest BCUT2D eigenvalue weighted by atomic mass is 35.5. The molecule has 2 N–H and O–H groups in total. The number of amides is 2. The van der Waals surface area contributed by atoms with E-state index in [0.29, 0.717) is 10.0 Å². The fourth-order valence-electron chi connectivity index (χ4n) is 2.56. The van der Waals surface area contributed by atoms with Gasteiger partial charge < -0.3 is 9.88 Å². The van der Waals surface area contributed by atoms with Crippen LogP contribution in [0.3, 0.4) is 0 Å². The van der Waals surface area contributed by atoms with Gasteiger partial charge in [0.05, 0.1) is 21.9 Å². The number of nitrogens with zero attached hydrogens (tertiary/aromatic N) is 2. The summed E-state index contributed by atoms with van der Waals surface area (Å²) in [5.41, 5.74) is 5.59. The highest BCUT2D eigenvalue weighted by Gasteiger charge is 2.15. The summed E-state index contributed by atoms with van der Waals surface area (Å²) in [5, 5.41) is 7.39. The number of hydrazone groups is 1. The molecule has 0 unspecified atom stereocenters. The molecule has 2 amide bonds. The average molecular weight is 409 g/mol. The highest BCUT2D eigenvalue weighted by Crippen LogP contribution is 2.31. The Labute approximate surface area is 168 Å². The third-order valence-corrected chi connectivity index (χ3v) is 5.02. The number of halogens is 2. The Hall–Kier alpha value is -2.31. The van der Waals surface area contributed by atoms with Crippen LogP contribution in [-0.4, -0.2) is 28.6 Å². The molecule has 0 bridgehead atoms. The van der Waals surface area contributed by atoms with Crippen molar-refractivity contribution in [3.63, 3.8) is 0 Å². The van der Waals surface area contributed by atoms with Crippen LogP contribution in [0.15, 0.2) is 29.4 Å². The number of rotatable bonds is 5. The molecule has 0 aliphatic carbocycles. The van der Waals surface area contributed by atoms with Gasteiger partial charge in [0.2, 0.25) is 0 Å². The minimum atomic E-state index is -0.807. The van der Waals surface area contributed by atoms with Gasteiger partial charge in [-0.25, -0.2) is 5.43 Å². The fourth-order valence-corrected chi connectivity index (χ4v) is 2.94. The third kappa shape index (κ3) is 4.90. The van der Waals surface area contributed by atoms with Crippen molar-refractivity contribution in [3.05, 3.63) is 51.3 Å². The minimum absolute atomic E-state index is 0.0754. The van der Waals surface area contributed by atoms with Crippen LogP contribution in [0.1, 0.15) is 37.2 Å². The number of aryl methyl sites for hydroxylation is 1. The second-order valence-electron chi connectivity index (χ2n) is 6.22. The molecule has 0 aliphatic heterocycles. The molecule has 0 saturated heterocycles. The van der Waals surface area contributed by atoms with Crippen LogP contribution in [0, 0.1) is 13.8 Å². The Kier molecular flexibility index (Phi) is 7.05. The monoisotopic (exact) mass is 408 g/mol. The first kappa shape index (κ1) is 21.0. The largest absolute Gasteiger partial charge is 0.345 e. The third-order valence-electron chi connectivity index (χ3n) is 4.21. The van der Waals surface area contributed by atoms with E-state index in [0.717, 1.165) is 29.1 Å². The van der Waals surface area contributed by atoms with Gasteiger partial charge >= 0.3 is 11.8 Å². The number of benzene rings is 1. The number of nitrogens with one attached hydrogen (secondary N) is 2. The predicted octanol–water partition coefficient (Wildman–Crippen LogP) is 3.77. The standard InChI is InChI=1S/C19H22Cl2N4O2/c1-5-11(2)23-18(26)19(27)24-22-10-14-9-12(3)25(13(14)4)16-8-6-7-15(20)17(16)21/h6-11H,5H2,1-4H3,(H,23,26)(H,24,27)/b22-10-/t11-/m1/s1. The zero-order valence-corrected chi connectivity index (χ0v) is 17.1. The first-order valence-electron chi connectivity index (χ1n) is 8.53. The van der Waals surface area contributed by atoms with Crippen LogP contribution in [0.25, 0.3) is 5.69 Å². The quantitative estimate of drug-likeness (QED) is 0.448. The first-order valence-corrected chi connectivity index (χ1v) is 9.29. The van der Waals surface area contributed by atoms with E-state index >= 15 is 0 Å². The molecule has 2 rings (SSSR count). The lowest BCUT2D eigenvalue weighted by Crippen LogP contribution is -2.41. The lowest BCUT2D eigenvalue weighted by Gasteiger charge is -2.12. The number of aromatic nitrogens is 1. The maximum Gasteiger partial charge on any atom is 0.329 e. The second kappa shape index (κ2) is 9.06. The van der Waals surface area contributed by atoms with Gasteiger partial charge in [-0.15, -0.1) is 0 Å². The molecule has 27 heavy (non-hydrogen) atoms. The van der Waals surface area contributed by atoms with Crippen molar-refractivity contribution in [2.24, 2.45) is 5.10 Å². The van der Waals surface area contributed by atoms with Gasteiger partial charge in [0, 0.05) is 23.0 Å². The van der Waals surface area contributed by atoms with Crippen molar-refractivity contribution in [2.45, 2.75) is 40.2 Å². The van der Waals surface area contributed by atoms with E-state index in [4.69, 9.17) is 23.2 Å². The van der Waals surface area contributed by atoms with Crippen molar-refractivity contribution in [1.82, 2.24) is 15.3 Å². The van der Waals surface area contributed by atoms with Gasteiger partial charge in [-0.2, -0.15) is 5.10 Å².